The number of hydrogen-bond acceptors (Lipinski definition) is 4. The fourth-order valence-electron chi connectivity index (χ4n) is 3.84. The third kappa shape index (κ3) is 4.28. The summed E-state index contributed by atoms with van der Waals surface area (Å²) in [6.07, 6.45) is 1.58. The van der Waals surface area contributed by atoms with Crippen LogP contribution in [0.1, 0.15) is 22.7 Å². The molecule has 1 heterocycles. The van der Waals surface area contributed by atoms with Gasteiger partial charge in [-0.1, -0.05) is 71.7 Å². The van der Waals surface area contributed by atoms with Gasteiger partial charge < -0.3 is 15.7 Å². The van der Waals surface area contributed by atoms with Gasteiger partial charge in [-0.3, -0.25) is 9.78 Å². The lowest BCUT2D eigenvalue weighted by molar-refractivity contribution is -0.132. The number of halogens is 2. The molecule has 3 aromatic carbocycles. The molecule has 0 aliphatic carbocycles. The van der Waals surface area contributed by atoms with Crippen molar-refractivity contribution in [1.29, 1.82) is 0 Å². The smallest absolute Gasteiger partial charge is 0.237 e. The minimum atomic E-state index is -0.733. The van der Waals surface area contributed by atoms with Crippen molar-refractivity contribution in [1.82, 2.24) is 9.88 Å². The standard InChI is InChI=1S/C25H21Cl2N3O2/c26-20-11-5-4-9-18(20)24(30(22(31)14-28)15-16-7-2-1-3-8-16)19-13-21(27)17-10-6-12-29-23(17)25(19)32/h1-13,24,32H,14-15,28H2. The van der Waals surface area contributed by atoms with Crippen LogP contribution in [-0.2, 0) is 11.3 Å². The summed E-state index contributed by atoms with van der Waals surface area (Å²) >= 11 is 13.1. The summed E-state index contributed by atoms with van der Waals surface area (Å²) in [5.41, 5.74) is 8.13. The Morgan fingerprint density at radius 2 is 1.69 bits per heavy atom. The number of carbonyl (C=O) groups is 1. The zero-order valence-electron chi connectivity index (χ0n) is 17.1. The molecule has 1 atom stereocenters. The number of benzene rings is 3. The van der Waals surface area contributed by atoms with Gasteiger partial charge >= 0.3 is 0 Å². The number of carbonyl (C=O) groups excluding carboxylic acids is 1. The molecule has 1 unspecified atom stereocenters. The Hall–Kier alpha value is -3.12. The van der Waals surface area contributed by atoms with Crippen LogP contribution in [0.5, 0.6) is 5.75 Å². The molecule has 0 spiro atoms. The van der Waals surface area contributed by atoms with Crippen LogP contribution in [0.25, 0.3) is 10.9 Å². The molecule has 0 aliphatic rings. The third-order valence-corrected chi connectivity index (χ3v) is 6.00. The molecule has 4 aromatic rings. The SMILES string of the molecule is NCC(=O)N(Cc1ccccc1)C(c1ccccc1Cl)c1cc(Cl)c2cccnc2c1O. The number of aromatic nitrogens is 1. The van der Waals surface area contributed by atoms with Crippen LogP contribution in [0.2, 0.25) is 10.0 Å². The number of phenols is 1. The molecule has 0 fully saturated rings. The molecule has 32 heavy (non-hydrogen) atoms. The molecular weight excluding hydrogens is 445 g/mol. The van der Waals surface area contributed by atoms with Crippen LogP contribution in [0.4, 0.5) is 0 Å². The van der Waals surface area contributed by atoms with Gasteiger partial charge in [-0.15, -0.1) is 0 Å². The molecule has 1 aromatic heterocycles. The molecule has 5 nitrogen and oxygen atoms in total. The molecule has 0 saturated carbocycles. The minimum absolute atomic E-state index is 0.0576. The Bertz CT molecular complexity index is 1260. The fourth-order valence-corrected chi connectivity index (χ4v) is 4.34. The first kappa shape index (κ1) is 22.1. The Morgan fingerprint density at radius 3 is 2.41 bits per heavy atom. The van der Waals surface area contributed by atoms with Gasteiger partial charge in [0.25, 0.3) is 0 Å². The van der Waals surface area contributed by atoms with E-state index in [4.69, 9.17) is 28.9 Å². The lowest BCUT2D eigenvalue weighted by atomic mass is 9.94. The number of pyridine rings is 1. The topological polar surface area (TPSA) is 79.5 Å². The van der Waals surface area contributed by atoms with E-state index in [1.807, 2.05) is 48.5 Å². The first-order valence-electron chi connectivity index (χ1n) is 10.0. The number of aromatic hydroxyl groups is 1. The predicted octanol–water partition coefficient (Wildman–Crippen LogP) is 5.32. The number of fused-ring (bicyclic) bond motifs is 1. The average Bonchev–Trinajstić information content (AvgIpc) is 2.83. The lowest BCUT2D eigenvalue weighted by Crippen LogP contribution is -2.39. The summed E-state index contributed by atoms with van der Waals surface area (Å²) in [4.78, 5) is 19.0. The van der Waals surface area contributed by atoms with Crippen molar-refractivity contribution in [3.8, 4) is 5.75 Å². The molecule has 0 bridgehead atoms. The maximum absolute atomic E-state index is 13.1. The van der Waals surface area contributed by atoms with Crippen molar-refractivity contribution in [2.24, 2.45) is 5.73 Å². The Balaban J connectivity index is 1.97. The van der Waals surface area contributed by atoms with Gasteiger partial charge in [0.2, 0.25) is 5.91 Å². The lowest BCUT2D eigenvalue weighted by Gasteiger charge is -2.34. The van der Waals surface area contributed by atoms with Gasteiger partial charge in [-0.2, -0.15) is 0 Å². The van der Waals surface area contributed by atoms with E-state index >= 15 is 0 Å². The maximum Gasteiger partial charge on any atom is 0.237 e. The summed E-state index contributed by atoms with van der Waals surface area (Å²) in [5, 5.41) is 12.7. The quantitative estimate of drug-likeness (QED) is 0.403. The van der Waals surface area contributed by atoms with Crippen LogP contribution >= 0.6 is 23.2 Å². The summed E-state index contributed by atoms with van der Waals surface area (Å²) in [7, 11) is 0. The normalized spacial score (nSPS) is 12.0. The van der Waals surface area contributed by atoms with Gasteiger partial charge in [0, 0.05) is 28.7 Å². The molecule has 0 saturated heterocycles. The Morgan fingerprint density at radius 1 is 0.969 bits per heavy atom. The summed E-state index contributed by atoms with van der Waals surface area (Å²) in [6.45, 7) is 0.0676. The van der Waals surface area contributed by atoms with Gasteiger partial charge in [0.05, 0.1) is 17.6 Å². The van der Waals surface area contributed by atoms with Gasteiger partial charge in [-0.25, -0.2) is 0 Å². The highest BCUT2D eigenvalue weighted by Crippen LogP contribution is 2.43. The van der Waals surface area contributed by atoms with Crippen molar-refractivity contribution in [2.45, 2.75) is 12.6 Å². The zero-order chi connectivity index (χ0) is 22.7. The first-order chi connectivity index (χ1) is 15.5. The molecule has 4 rings (SSSR count). The third-order valence-electron chi connectivity index (χ3n) is 5.34. The van der Waals surface area contributed by atoms with Crippen LogP contribution in [0.15, 0.2) is 79.0 Å². The summed E-state index contributed by atoms with van der Waals surface area (Å²) < 4.78 is 0. The zero-order valence-corrected chi connectivity index (χ0v) is 18.6. The van der Waals surface area contributed by atoms with E-state index in [2.05, 4.69) is 4.98 Å². The molecule has 7 heteroatoms. The highest BCUT2D eigenvalue weighted by atomic mass is 35.5. The van der Waals surface area contributed by atoms with Gasteiger partial charge in [0.1, 0.15) is 11.3 Å². The van der Waals surface area contributed by atoms with Crippen LogP contribution in [0, 0.1) is 0 Å². The number of nitrogens with zero attached hydrogens (tertiary/aromatic N) is 2. The summed E-state index contributed by atoms with van der Waals surface area (Å²) in [6, 6.07) is 21.2. The van der Waals surface area contributed by atoms with E-state index in [1.54, 1.807) is 35.4 Å². The molecule has 3 N–H and O–H groups in total. The number of rotatable bonds is 6. The molecule has 162 valence electrons. The predicted molar refractivity (Wildman–Crippen MR) is 128 cm³/mol. The summed E-state index contributed by atoms with van der Waals surface area (Å²) in [5.74, 6) is -0.354. The molecule has 1 amide bonds. The van der Waals surface area contributed by atoms with E-state index in [0.29, 0.717) is 32.1 Å². The number of nitrogens with two attached hydrogens (primary N) is 1. The van der Waals surface area contributed by atoms with E-state index in [-0.39, 0.29) is 24.7 Å². The van der Waals surface area contributed by atoms with Crippen LogP contribution in [0.3, 0.4) is 0 Å². The van der Waals surface area contributed by atoms with Crippen molar-refractivity contribution in [3.63, 3.8) is 0 Å². The monoisotopic (exact) mass is 465 g/mol. The Labute approximate surface area is 196 Å². The van der Waals surface area contributed by atoms with Gasteiger partial charge in [-0.05, 0) is 35.4 Å². The second kappa shape index (κ2) is 9.57. The number of hydrogen-bond donors (Lipinski definition) is 2. The number of phenolic OH excluding ortho intramolecular Hbond substituents is 1. The van der Waals surface area contributed by atoms with E-state index in [0.717, 1.165) is 5.56 Å². The van der Waals surface area contributed by atoms with Crippen LogP contribution in [-0.4, -0.2) is 27.4 Å². The van der Waals surface area contributed by atoms with Crippen molar-refractivity contribution >= 4 is 40.0 Å². The van der Waals surface area contributed by atoms with Crippen molar-refractivity contribution in [3.05, 3.63) is 106 Å². The first-order valence-corrected chi connectivity index (χ1v) is 10.8. The van der Waals surface area contributed by atoms with Crippen LogP contribution < -0.4 is 5.73 Å². The maximum atomic E-state index is 13.1. The van der Waals surface area contributed by atoms with E-state index in [1.165, 1.54) is 0 Å². The largest absolute Gasteiger partial charge is 0.505 e. The number of amides is 1. The molecule has 0 aliphatic heterocycles. The highest BCUT2D eigenvalue weighted by molar-refractivity contribution is 6.35. The Kier molecular flexibility index (Phi) is 6.61. The van der Waals surface area contributed by atoms with E-state index in [9.17, 15) is 9.90 Å². The molecular formula is C25H21Cl2N3O2. The minimum Gasteiger partial charge on any atom is -0.505 e. The second-order valence-electron chi connectivity index (χ2n) is 7.33. The average molecular weight is 466 g/mol. The highest BCUT2D eigenvalue weighted by Gasteiger charge is 2.31. The van der Waals surface area contributed by atoms with Crippen molar-refractivity contribution in [2.75, 3.05) is 6.54 Å². The van der Waals surface area contributed by atoms with Crippen molar-refractivity contribution < 1.29 is 9.90 Å². The second-order valence-corrected chi connectivity index (χ2v) is 8.15. The van der Waals surface area contributed by atoms with E-state index < -0.39 is 6.04 Å². The molecule has 0 radical (unpaired) electrons. The van der Waals surface area contributed by atoms with Gasteiger partial charge in [0.15, 0.2) is 0 Å². The fraction of sp³-hybridized carbons (Fsp3) is 0.120.